The van der Waals surface area contributed by atoms with Crippen LogP contribution in [0.4, 0.5) is 13.8 Å². The molecular formula is C11H8ClF2NOS2. The molecule has 7 heteroatoms. The lowest BCUT2D eigenvalue weighted by atomic mass is 10.2. The Bertz CT molecular complexity index is 605. The Balaban J connectivity index is 2.29. The molecule has 0 bridgehead atoms. The summed E-state index contributed by atoms with van der Waals surface area (Å²) in [7, 11) is 3.83. The molecule has 0 aliphatic heterocycles. The highest BCUT2D eigenvalue weighted by molar-refractivity contribution is 7.70. The van der Waals surface area contributed by atoms with Crippen molar-refractivity contribution in [2.75, 3.05) is 11.9 Å². The van der Waals surface area contributed by atoms with Gasteiger partial charge >= 0.3 is 0 Å². The smallest absolute Gasteiger partial charge is 0.263 e. The minimum atomic E-state index is -0.611. The zero-order chi connectivity index (χ0) is 13.3. The minimum Gasteiger partial charge on any atom is -0.360 e. The highest BCUT2D eigenvalue weighted by Crippen LogP contribution is 2.31. The maximum Gasteiger partial charge on any atom is 0.263 e. The van der Waals surface area contributed by atoms with Crippen molar-refractivity contribution < 1.29 is 8.78 Å². The second-order valence-corrected chi connectivity index (χ2v) is 6.10. The maximum absolute atomic E-state index is 13.5. The average molecular weight is 308 g/mol. The van der Waals surface area contributed by atoms with E-state index in [1.54, 1.807) is 11.9 Å². The van der Waals surface area contributed by atoms with E-state index in [0.29, 0.717) is 5.00 Å². The van der Waals surface area contributed by atoms with Crippen molar-refractivity contribution in [2.45, 2.75) is 6.54 Å². The molecule has 2 aromatic rings. The molecule has 96 valence electrons. The number of anilines is 1. The molecule has 0 aliphatic rings. The standard InChI is InChI=1S/C11H8ClF2NOS2/c1-15(10-9(12)11(16)18-17-10)5-6-7(13)3-2-4-8(6)14/h2-4H,5H2,1H3. The van der Waals surface area contributed by atoms with Crippen LogP contribution in [0.25, 0.3) is 0 Å². The normalized spacial score (nSPS) is 10.7. The van der Waals surface area contributed by atoms with Gasteiger partial charge in [0.05, 0.1) is 0 Å². The fourth-order valence-electron chi connectivity index (χ4n) is 1.46. The van der Waals surface area contributed by atoms with Crippen LogP contribution in [-0.2, 0) is 6.54 Å². The fourth-order valence-corrected chi connectivity index (χ4v) is 4.20. The molecule has 2 rings (SSSR count). The Kier molecular flexibility index (Phi) is 3.99. The summed E-state index contributed by atoms with van der Waals surface area (Å²) in [5, 5.41) is 0.624. The van der Waals surface area contributed by atoms with Crippen LogP contribution in [0.5, 0.6) is 0 Å². The lowest BCUT2D eigenvalue weighted by molar-refractivity contribution is 0.554. The van der Waals surface area contributed by atoms with Crippen molar-refractivity contribution in [1.29, 1.82) is 0 Å². The minimum absolute atomic E-state index is 0.0188. The number of benzene rings is 1. The topological polar surface area (TPSA) is 20.3 Å². The van der Waals surface area contributed by atoms with Crippen LogP contribution in [0.15, 0.2) is 23.0 Å². The first-order chi connectivity index (χ1) is 8.50. The molecule has 0 fully saturated rings. The summed E-state index contributed by atoms with van der Waals surface area (Å²) in [6.45, 7) is 0.0188. The predicted octanol–water partition coefficient (Wildman–Crippen LogP) is 3.74. The molecule has 0 N–H and O–H groups in total. The Morgan fingerprint density at radius 1 is 1.28 bits per heavy atom. The monoisotopic (exact) mass is 307 g/mol. The molecule has 0 saturated carbocycles. The predicted molar refractivity (Wildman–Crippen MR) is 71.9 cm³/mol. The van der Waals surface area contributed by atoms with E-state index < -0.39 is 11.6 Å². The van der Waals surface area contributed by atoms with E-state index in [0.717, 1.165) is 10.3 Å². The van der Waals surface area contributed by atoms with Gasteiger partial charge in [-0.3, -0.25) is 4.79 Å². The molecule has 0 spiro atoms. The molecule has 18 heavy (non-hydrogen) atoms. The van der Waals surface area contributed by atoms with E-state index >= 15 is 0 Å². The molecule has 0 amide bonds. The van der Waals surface area contributed by atoms with Crippen molar-refractivity contribution in [1.82, 2.24) is 0 Å². The van der Waals surface area contributed by atoms with Gasteiger partial charge in [-0.1, -0.05) is 28.0 Å². The third-order valence-electron chi connectivity index (χ3n) is 2.37. The number of hydrogen-bond donors (Lipinski definition) is 0. The van der Waals surface area contributed by atoms with Crippen LogP contribution in [0.1, 0.15) is 5.56 Å². The van der Waals surface area contributed by atoms with E-state index in [-0.39, 0.29) is 21.9 Å². The highest BCUT2D eigenvalue weighted by Gasteiger charge is 2.16. The van der Waals surface area contributed by atoms with Gasteiger partial charge in [0, 0.05) is 19.2 Å². The largest absolute Gasteiger partial charge is 0.360 e. The molecule has 0 saturated heterocycles. The molecule has 0 aliphatic carbocycles. The van der Waals surface area contributed by atoms with Gasteiger partial charge in [0.2, 0.25) is 0 Å². The number of nitrogens with zero attached hydrogens (tertiary/aromatic N) is 1. The summed E-state index contributed by atoms with van der Waals surface area (Å²) in [6.07, 6.45) is 0. The van der Waals surface area contributed by atoms with Gasteiger partial charge in [-0.25, -0.2) is 8.78 Å². The summed E-state index contributed by atoms with van der Waals surface area (Å²) in [5.74, 6) is -1.22. The van der Waals surface area contributed by atoms with Crippen LogP contribution < -0.4 is 9.64 Å². The van der Waals surface area contributed by atoms with Crippen LogP contribution in [0, 0.1) is 11.6 Å². The molecular weight excluding hydrogens is 300 g/mol. The van der Waals surface area contributed by atoms with E-state index in [1.165, 1.54) is 28.5 Å². The SMILES string of the molecule is CN(Cc1c(F)cccc1F)c1ssc(=O)c1Cl. The molecule has 0 unspecified atom stereocenters. The summed E-state index contributed by atoms with van der Waals surface area (Å²) < 4.78 is 26.7. The first-order valence-corrected chi connectivity index (χ1v) is 7.46. The fraction of sp³-hybridized carbons (Fsp3) is 0.182. The number of halogens is 3. The maximum atomic E-state index is 13.5. The van der Waals surface area contributed by atoms with Crippen LogP contribution in [0.2, 0.25) is 5.02 Å². The summed E-state index contributed by atoms with van der Waals surface area (Å²) >= 11 is 5.83. The number of hydrogen-bond acceptors (Lipinski definition) is 4. The molecule has 1 aromatic carbocycles. The molecule has 1 heterocycles. The zero-order valence-corrected chi connectivity index (χ0v) is 11.6. The van der Waals surface area contributed by atoms with Gasteiger partial charge in [0.15, 0.2) is 0 Å². The Morgan fingerprint density at radius 3 is 2.39 bits per heavy atom. The second kappa shape index (κ2) is 5.34. The van der Waals surface area contributed by atoms with E-state index in [1.807, 2.05) is 0 Å². The third kappa shape index (κ3) is 2.55. The molecule has 0 atom stereocenters. The van der Waals surface area contributed by atoms with Crippen LogP contribution in [-0.4, -0.2) is 7.05 Å². The molecule has 2 nitrogen and oxygen atoms in total. The Labute approximate surface area is 114 Å². The van der Waals surface area contributed by atoms with Gasteiger partial charge in [0.25, 0.3) is 4.74 Å². The van der Waals surface area contributed by atoms with E-state index in [4.69, 9.17) is 11.6 Å². The van der Waals surface area contributed by atoms with Crippen molar-refractivity contribution >= 4 is 37.3 Å². The van der Waals surface area contributed by atoms with Crippen LogP contribution in [0.3, 0.4) is 0 Å². The zero-order valence-electron chi connectivity index (χ0n) is 9.25. The van der Waals surface area contributed by atoms with Crippen molar-refractivity contribution in [3.8, 4) is 0 Å². The summed E-state index contributed by atoms with van der Waals surface area (Å²) in [6, 6.07) is 3.71. The molecule has 0 radical (unpaired) electrons. The first kappa shape index (κ1) is 13.5. The second-order valence-electron chi connectivity index (χ2n) is 3.63. The summed E-state index contributed by atoms with van der Waals surface area (Å²) in [5.41, 5.74) is -0.0399. The van der Waals surface area contributed by atoms with E-state index in [2.05, 4.69) is 0 Å². The highest BCUT2D eigenvalue weighted by atomic mass is 35.5. The van der Waals surface area contributed by atoms with Crippen molar-refractivity contribution in [2.24, 2.45) is 0 Å². The summed E-state index contributed by atoms with van der Waals surface area (Å²) in [4.78, 5) is 12.8. The lowest BCUT2D eigenvalue weighted by Crippen LogP contribution is -2.18. The quantitative estimate of drug-likeness (QED) is 0.805. The van der Waals surface area contributed by atoms with E-state index in [9.17, 15) is 13.6 Å². The van der Waals surface area contributed by atoms with Crippen LogP contribution >= 0.6 is 32.3 Å². The molecule has 1 aromatic heterocycles. The Morgan fingerprint density at radius 2 is 1.89 bits per heavy atom. The Hall–Kier alpha value is -0.980. The average Bonchev–Trinajstić information content (AvgIpc) is 2.65. The van der Waals surface area contributed by atoms with Gasteiger partial charge in [-0.2, -0.15) is 0 Å². The lowest BCUT2D eigenvalue weighted by Gasteiger charge is -2.17. The van der Waals surface area contributed by atoms with Gasteiger partial charge in [-0.15, -0.1) is 0 Å². The third-order valence-corrected chi connectivity index (χ3v) is 5.23. The van der Waals surface area contributed by atoms with Crippen molar-refractivity contribution in [3.05, 3.63) is 50.0 Å². The van der Waals surface area contributed by atoms with Gasteiger partial charge < -0.3 is 4.90 Å². The van der Waals surface area contributed by atoms with Gasteiger partial charge in [-0.05, 0) is 22.5 Å². The number of rotatable bonds is 3. The first-order valence-electron chi connectivity index (χ1n) is 4.93. The van der Waals surface area contributed by atoms with Gasteiger partial charge in [0.1, 0.15) is 21.7 Å². The van der Waals surface area contributed by atoms with Crippen molar-refractivity contribution in [3.63, 3.8) is 0 Å².